The third-order valence-electron chi connectivity index (χ3n) is 3.41. The van der Waals surface area contributed by atoms with Crippen molar-refractivity contribution in [1.29, 1.82) is 0 Å². The molecule has 15 heavy (non-hydrogen) atoms. The number of nitrogens with one attached hydrogen (secondary N) is 1. The van der Waals surface area contributed by atoms with Gasteiger partial charge in [-0.3, -0.25) is 0 Å². The van der Waals surface area contributed by atoms with Gasteiger partial charge in [-0.1, -0.05) is 11.6 Å². The van der Waals surface area contributed by atoms with Gasteiger partial charge in [-0.25, -0.2) is 0 Å². The van der Waals surface area contributed by atoms with E-state index in [1.165, 1.54) is 27.7 Å². The number of fused-ring (bicyclic) bond motifs is 3. The number of nitrogens with zero attached hydrogens (tertiary/aromatic N) is 1. The van der Waals surface area contributed by atoms with Crippen molar-refractivity contribution in [1.82, 2.24) is 9.88 Å². The average molecular weight is 200 g/mol. The van der Waals surface area contributed by atoms with Crippen molar-refractivity contribution in [3.63, 3.8) is 0 Å². The number of aryl methyl sites for hydroxylation is 2. The lowest BCUT2D eigenvalue weighted by Crippen LogP contribution is -2.27. The number of benzene rings is 1. The number of aromatic nitrogens is 1. The third-order valence-corrected chi connectivity index (χ3v) is 3.41. The molecule has 1 aliphatic heterocycles. The molecule has 0 fully saturated rings. The molecule has 0 spiro atoms. The monoisotopic (exact) mass is 200 g/mol. The second kappa shape index (κ2) is 3.11. The highest BCUT2D eigenvalue weighted by molar-refractivity contribution is 5.86. The lowest BCUT2D eigenvalue weighted by molar-refractivity contribution is 0.524. The van der Waals surface area contributed by atoms with Crippen LogP contribution in [0.4, 0.5) is 0 Å². The summed E-state index contributed by atoms with van der Waals surface area (Å²) in [6, 6.07) is 6.76. The van der Waals surface area contributed by atoms with Crippen molar-refractivity contribution >= 4 is 10.9 Å². The van der Waals surface area contributed by atoms with E-state index in [2.05, 4.69) is 41.9 Å². The molecule has 0 aliphatic carbocycles. The smallest absolute Gasteiger partial charge is 0.0486 e. The zero-order chi connectivity index (χ0) is 10.4. The second-order valence-corrected chi connectivity index (χ2v) is 4.42. The van der Waals surface area contributed by atoms with Crippen LogP contribution in [0.15, 0.2) is 18.2 Å². The molecular formula is C13H16N2. The first-order valence-electron chi connectivity index (χ1n) is 5.56. The number of hydrogen-bond acceptors (Lipinski definition) is 1. The van der Waals surface area contributed by atoms with Gasteiger partial charge < -0.3 is 9.88 Å². The molecule has 0 saturated carbocycles. The Morgan fingerprint density at radius 3 is 3.00 bits per heavy atom. The molecular weight excluding hydrogens is 184 g/mol. The Kier molecular flexibility index (Phi) is 1.86. The van der Waals surface area contributed by atoms with Gasteiger partial charge in [-0.05, 0) is 31.5 Å². The van der Waals surface area contributed by atoms with E-state index in [0.717, 1.165) is 19.6 Å². The molecule has 2 heteroatoms. The quantitative estimate of drug-likeness (QED) is 0.691. The predicted octanol–water partition coefficient (Wildman–Crippen LogP) is 2.36. The minimum atomic E-state index is 1.01. The second-order valence-electron chi connectivity index (χ2n) is 4.42. The summed E-state index contributed by atoms with van der Waals surface area (Å²) in [4.78, 5) is 0. The van der Waals surface area contributed by atoms with E-state index in [1.807, 2.05) is 0 Å². The molecule has 2 aromatic rings. The van der Waals surface area contributed by atoms with Gasteiger partial charge in [0.1, 0.15) is 0 Å². The van der Waals surface area contributed by atoms with E-state index in [-0.39, 0.29) is 0 Å². The maximum atomic E-state index is 3.44. The van der Waals surface area contributed by atoms with Gasteiger partial charge in [-0.2, -0.15) is 0 Å². The van der Waals surface area contributed by atoms with Crippen molar-refractivity contribution < 1.29 is 0 Å². The SMILES string of the molecule is Cc1ccc2c(c1)c(C)c1n2CCNC1. The molecule has 0 saturated heterocycles. The van der Waals surface area contributed by atoms with Gasteiger partial charge in [0.05, 0.1) is 0 Å². The highest BCUT2D eigenvalue weighted by Gasteiger charge is 2.16. The highest BCUT2D eigenvalue weighted by atomic mass is 15.1. The van der Waals surface area contributed by atoms with Gasteiger partial charge in [0.15, 0.2) is 0 Å². The van der Waals surface area contributed by atoms with Crippen LogP contribution in [-0.4, -0.2) is 11.1 Å². The number of hydrogen-bond donors (Lipinski definition) is 1. The topological polar surface area (TPSA) is 17.0 Å². The van der Waals surface area contributed by atoms with E-state index >= 15 is 0 Å². The average Bonchev–Trinajstić information content (AvgIpc) is 2.54. The molecule has 0 amide bonds. The van der Waals surface area contributed by atoms with Crippen LogP contribution in [0.1, 0.15) is 16.8 Å². The van der Waals surface area contributed by atoms with Gasteiger partial charge in [0.2, 0.25) is 0 Å². The normalized spacial score (nSPS) is 15.6. The Hall–Kier alpha value is -1.28. The van der Waals surface area contributed by atoms with Crippen LogP contribution >= 0.6 is 0 Å². The standard InChI is InChI=1S/C13H16N2/c1-9-3-4-12-11(7-9)10(2)13-8-14-5-6-15(12)13/h3-4,7,14H,5-6,8H2,1-2H3. The summed E-state index contributed by atoms with van der Waals surface area (Å²) >= 11 is 0. The van der Waals surface area contributed by atoms with Crippen LogP contribution in [0.25, 0.3) is 10.9 Å². The van der Waals surface area contributed by atoms with Crippen LogP contribution in [0.5, 0.6) is 0 Å². The highest BCUT2D eigenvalue weighted by Crippen LogP contribution is 2.27. The number of rotatable bonds is 0. The van der Waals surface area contributed by atoms with Crippen LogP contribution < -0.4 is 5.32 Å². The Labute approximate surface area is 89.9 Å². The molecule has 1 aromatic heterocycles. The summed E-state index contributed by atoms with van der Waals surface area (Å²) in [5, 5.41) is 4.86. The summed E-state index contributed by atoms with van der Waals surface area (Å²) < 4.78 is 2.46. The fourth-order valence-electron chi connectivity index (χ4n) is 2.57. The third kappa shape index (κ3) is 1.21. The maximum absolute atomic E-state index is 3.44. The summed E-state index contributed by atoms with van der Waals surface area (Å²) in [5.41, 5.74) is 5.65. The van der Waals surface area contributed by atoms with Crippen LogP contribution in [0.2, 0.25) is 0 Å². The summed E-state index contributed by atoms with van der Waals surface area (Å²) in [5.74, 6) is 0. The zero-order valence-corrected chi connectivity index (χ0v) is 9.30. The Balaban J connectivity index is 2.38. The lowest BCUT2D eigenvalue weighted by atomic mass is 10.1. The fraction of sp³-hybridized carbons (Fsp3) is 0.385. The fourth-order valence-corrected chi connectivity index (χ4v) is 2.57. The largest absolute Gasteiger partial charge is 0.342 e. The molecule has 3 rings (SSSR count). The van der Waals surface area contributed by atoms with E-state index in [9.17, 15) is 0 Å². The Morgan fingerprint density at radius 1 is 1.27 bits per heavy atom. The van der Waals surface area contributed by atoms with Gasteiger partial charge in [0, 0.05) is 36.2 Å². The molecule has 1 N–H and O–H groups in total. The van der Waals surface area contributed by atoms with Crippen LogP contribution in [0, 0.1) is 13.8 Å². The van der Waals surface area contributed by atoms with E-state index in [1.54, 1.807) is 0 Å². The Morgan fingerprint density at radius 2 is 2.13 bits per heavy atom. The minimum absolute atomic E-state index is 1.01. The molecule has 1 aliphatic rings. The molecule has 2 heterocycles. The first kappa shape index (κ1) is 8.98. The zero-order valence-electron chi connectivity index (χ0n) is 9.30. The van der Waals surface area contributed by atoms with E-state index in [4.69, 9.17) is 0 Å². The molecule has 1 aromatic carbocycles. The summed E-state index contributed by atoms with van der Waals surface area (Å²) in [6.45, 7) is 7.60. The molecule has 78 valence electrons. The van der Waals surface area contributed by atoms with Crippen molar-refractivity contribution in [2.24, 2.45) is 0 Å². The summed E-state index contributed by atoms with van der Waals surface area (Å²) in [7, 11) is 0. The van der Waals surface area contributed by atoms with Gasteiger partial charge in [-0.15, -0.1) is 0 Å². The lowest BCUT2D eigenvalue weighted by Gasteiger charge is -2.17. The van der Waals surface area contributed by atoms with E-state index < -0.39 is 0 Å². The molecule has 0 bridgehead atoms. The first-order chi connectivity index (χ1) is 7.27. The predicted molar refractivity (Wildman–Crippen MR) is 63.1 cm³/mol. The summed E-state index contributed by atoms with van der Waals surface area (Å²) in [6.07, 6.45) is 0. The van der Waals surface area contributed by atoms with Gasteiger partial charge >= 0.3 is 0 Å². The first-order valence-corrected chi connectivity index (χ1v) is 5.56. The van der Waals surface area contributed by atoms with Crippen LogP contribution in [0.3, 0.4) is 0 Å². The van der Waals surface area contributed by atoms with Gasteiger partial charge in [0.25, 0.3) is 0 Å². The van der Waals surface area contributed by atoms with Crippen molar-refractivity contribution in [2.75, 3.05) is 6.54 Å². The molecule has 2 nitrogen and oxygen atoms in total. The Bertz CT molecular complexity index is 523. The van der Waals surface area contributed by atoms with E-state index in [0.29, 0.717) is 0 Å². The van der Waals surface area contributed by atoms with Crippen molar-refractivity contribution in [3.8, 4) is 0 Å². The maximum Gasteiger partial charge on any atom is 0.0486 e. The molecule has 0 atom stereocenters. The molecule has 0 radical (unpaired) electrons. The van der Waals surface area contributed by atoms with Crippen molar-refractivity contribution in [3.05, 3.63) is 35.0 Å². The molecule has 0 unspecified atom stereocenters. The van der Waals surface area contributed by atoms with Crippen LogP contribution in [-0.2, 0) is 13.1 Å². The minimum Gasteiger partial charge on any atom is -0.342 e. The van der Waals surface area contributed by atoms with Crippen molar-refractivity contribution in [2.45, 2.75) is 26.9 Å².